The van der Waals surface area contributed by atoms with Gasteiger partial charge in [0.25, 0.3) is 0 Å². The smallest absolute Gasteiger partial charge is 0.407 e. The van der Waals surface area contributed by atoms with Crippen molar-refractivity contribution in [3.63, 3.8) is 0 Å². The monoisotopic (exact) mass is 394 g/mol. The molecule has 0 radical (unpaired) electrons. The Morgan fingerprint density at radius 2 is 1.79 bits per heavy atom. The fraction of sp³-hybridized carbons (Fsp3) is 0.458. The fourth-order valence-corrected chi connectivity index (χ4v) is 4.96. The largest absolute Gasteiger partial charge is 0.445 e. The molecular formula is C24H30N2O3. The van der Waals surface area contributed by atoms with Crippen LogP contribution in [0.2, 0.25) is 0 Å². The highest BCUT2D eigenvalue weighted by molar-refractivity contribution is 5.67. The molecule has 1 saturated heterocycles. The second-order valence-corrected chi connectivity index (χ2v) is 8.53. The maximum Gasteiger partial charge on any atom is 0.407 e. The molecule has 2 aliphatic rings. The Bertz CT molecular complexity index is 798. The van der Waals surface area contributed by atoms with E-state index < -0.39 is 6.09 Å². The second-order valence-electron chi connectivity index (χ2n) is 8.53. The van der Waals surface area contributed by atoms with E-state index in [0.29, 0.717) is 6.54 Å². The number of hydrogen-bond donors (Lipinski definition) is 2. The lowest BCUT2D eigenvalue weighted by Gasteiger charge is -2.53. The van der Waals surface area contributed by atoms with Crippen molar-refractivity contribution >= 4 is 6.09 Å². The van der Waals surface area contributed by atoms with Crippen LogP contribution in [0.25, 0.3) is 0 Å². The second kappa shape index (κ2) is 8.97. The first-order valence-corrected chi connectivity index (χ1v) is 10.5. The molecule has 2 N–H and O–H groups in total. The van der Waals surface area contributed by atoms with Crippen LogP contribution in [-0.2, 0) is 17.9 Å². The van der Waals surface area contributed by atoms with Crippen molar-refractivity contribution in [2.45, 2.75) is 38.5 Å². The minimum absolute atomic E-state index is 0.255. The van der Waals surface area contributed by atoms with Gasteiger partial charge < -0.3 is 15.2 Å². The molecule has 0 spiro atoms. The summed E-state index contributed by atoms with van der Waals surface area (Å²) in [6, 6.07) is 20.1. The van der Waals surface area contributed by atoms with Crippen molar-refractivity contribution in [2.75, 3.05) is 19.6 Å². The molecule has 0 aromatic heterocycles. The molecule has 4 rings (SSSR count). The summed E-state index contributed by atoms with van der Waals surface area (Å²) in [6.07, 6.45) is 2.28. The highest BCUT2D eigenvalue weighted by Gasteiger charge is 2.49. The van der Waals surface area contributed by atoms with E-state index >= 15 is 0 Å². The lowest BCUT2D eigenvalue weighted by molar-refractivity contribution is -0.114. The maximum absolute atomic E-state index is 12.3. The van der Waals surface area contributed by atoms with Crippen LogP contribution in [0.1, 0.15) is 30.4 Å². The average molecular weight is 395 g/mol. The first kappa shape index (κ1) is 19.9. The molecule has 5 nitrogen and oxygen atoms in total. The zero-order valence-electron chi connectivity index (χ0n) is 16.8. The molecule has 1 aliphatic carbocycles. The van der Waals surface area contributed by atoms with Gasteiger partial charge in [-0.25, -0.2) is 4.79 Å². The summed E-state index contributed by atoms with van der Waals surface area (Å²) >= 11 is 0. The molecule has 2 bridgehead atoms. The molecule has 2 aromatic carbocycles. The molecule has 3 atom stereocenters. The van der Waals surface area contributed by atoms with Crippen LogP contribution in [0, 0.1) is 11.3 Å². The van der Waals surface area contributed by atoms with Crippen LogP contribution in [0.3, 0.4) is 0 Å². The number of hydrogen-bond acceptors (Lipinski definition) is 4. The number of alkyl carbamates (subject to hydrolysis) is 1. The molecule has 1 amide bonds. The molecule has 29 heavy (non-hydrogen) atoms. The van der Waals surface area contributed by atoms with Gasteiger partial charge in [0.15, 0.2) is 0 Å². The number of nitrogens with one attached hydrogen (secondary N) is 1. The summed E-state index contributed by atoms with van der Waals surface area (Å²) in [4.78, 5) is 14.7. The summed E-state index contributed by atoms with van der Waals surface area (Å²) in [5.41, 5.74) is 1.94. The first-order chi connectivity index (χ1) is 14.1. The maximum atomic E-state index is 12.3. The Kier molecular flexibility index (Phi) is 6.16. The molecular weight excluding hydrogens is 364 g/mol. The third kappa shape index (κ3) is 4.80. The number of carbonyl (C=O) groups is 1. The highest BCUT2D eigenvalue weighted by Crippen LogP contribution is 2.44. The molecule has 5 heteroatoms. The lowest BCUT2D eigenvalue weighted by atomic mass is 9.64. The normalized spacial score (nSPS) is 26.7. The number of carbonyl (C=O) groups excluding carboxylic acids is 1. The summed E-state index contributed by atoms with van der Waals surface area (Å²) in [6.45, 7) is 3.29. The van der Waals surface area contributed by atoms with Gasteiger partial charge in [-0.05, 0) is 29.9 Å². The third-order valence-corrected chi connectivity index (χ3v) is 6.40. The Balaban J connectivity index is 1.36. The Labute approximate surface area is 172 Å². The number of ether oxygens (including phenoxy) is 1. The van der Waals surface area contributed by atoms with Gasteiger partial charge in [-0.1, -0.05) is 67.1 Å². The molecule has 3 unspecified atom stereocenters. The van der Waals surface area contributed by atoms with Crippen LogP contribution in [0.4, 0.5) is 4.79 Å². The predicted molar refractivity (Wildman–Crippen MR) is 112 cm³/mol. The van der Waals surface area contributed by atoms with Crippen molar-refractivity contribution in [2.24, 2.45) is 11.3 Å². The fourth-order valence-electron chi connectivity index (χ4n) is 4.96. The minimum atomic E-state index is -0.419. The number of amides is 1. The molecule has 1 heterocycles. The van der Waals surface area contributed by atoms with E-state index in [0.717, 1.165) is 44.5 Å². The van der Waals surface area contributed by atoms with Crippen molar-refractivity contribution in [1.82, 2.24) is 10.2 Å². The topological polar surface area (TPSA) is 61.8 Å². The van der Waals surface area contributed by atoms with Gasteiger partial charge in [-0.2, -0.15) is 0 Å². The van der Waals surface area contributed by atoms with Crippen molar-refractivity contribution in [3.05, 3.63) is 71.8 Å². The van der Waals surface area contributed by atoms with Gasteiger partial charge in [0.1, 0.15) is 6.61 Å². The Morgan fingerprint density at radius 1 is 1.10 bits per heavy atom. The lowest BCUT2D eigenvalue weighted by Crippen LogP contribution is -2.62. The molecule has 1 aliphatic heterocycles. The van der Waals surface area contributed by atoms with E-state index in [1.54, 1.807) is 0 Å². The van der Waals surface area contributed by atoms with E-state index in [1.165, 1.54) is 5.56 Å². The first-order valence-electron chi connectivity index (χ1n) is 10.5. The summed E-state index contributed by atoms with van der Waals surface area (Å²) < 4.78 is 5.37. The molecule has 1 saturated carbocycles. The zero-order chi connectivity index (χ0) is 20.1. The van der Waals surface area contributed by atoms with E-state index in [-0.39, 0.29) is 24.0 Å². The summed E-state index contributed by atoms with van der Waals surface area (Å²) in [5.74, 6) is 0.267. The van der Waals surface area contributed by atoms with Crippen molar-refractivity contribution in [1.29, 1.82) is 0 Å². The van der Waals surface area contributed by atoms with Gasteiger partial charge in [0.05, 0.1) is 6.10 Å². The van der Waals surface area contributed by atoms with Crippen LogP contribution in [0.5, 0.6) is 0 Å². The quantitative estimate of drug-likeness (QED) is 0.786. The summed E-state index contributed by atoms with van der Waals surface area (Å²) in [7, 11) is 0. The Hall–Kier alpha value is -2.37. The van der Waals surface area contributed by atoms with Crippen LogP contribution in [-0.4, -0.2) is 41.8 Å². The third-order valence-electron chi connectivity index (χ3n) is 6.40. The molecule has 2 fully saturated rings. The number of aliphatic hydroxyl groups is 1. The van der Waals surface area contributed by atoms with Gasteiger partial charge in [0, 0.05) is 31.6 Å². The van der Waals surface area contributed by atoms with E-state index in [2.05, 4.69) is 34.5 Å². The number of rotatable bonds is 6. The van der Waals surface area contributed by atoms with E-state index in [9.17, 15) is 9.90 Å². The van der Waals surface area contributed by atoms with Gasteiger partial charge in [-0.3, -0.25) is 4.90 Å². The number of fused-ring (bicyclic) bond motifs is 2. The zero-order valence-corrected chi connectivity index (χ0v) is 16.8. The van der Waals surface area contributed by atoms with Crippen LogP contribution in [0.15, 0.2) is 60.7 Å². The van der Waals surface area contributed by atoms with Gasteiger partial charge in [0.2, 0.25) is 0 Å². The highest BCUT2D eigenvalue weighted by atomic mass is 16.5. The predicted octanol–water partition coefficient (Wildman–Crippen LogP) is 3.58. The average Bonchev–Trinajstić information content (AvgIpc) is 2.74. The van der Waals surface area contributed by atoms with E-state index in [4.69, 9.17) is 4.74 Å². The number of nitrogens with zero attached hydrogens (tertiary/aromatic N) is 1. The number of likely N-dealkylation sites (tertiary alicyclic amines) is 1. The number of benzene rings is 2. The van der Waals surface area contributed by atoms with Crippen molar-refractivity contribution in [3.8, 4) is 0 Å². The van der Waals surface area contributed by atoms with Crippen molar-refractivity contribution < 1.29 is 14.6 Å². The van der Waals surface area contributed by atoms with Crippen LogP contribution < -0.4 is 5.32 Å². The Morgan fingerprint density at radius 3 is 2.52 bits per heavy atom. The van der Waals surface area contributed by atoms with Gasteiger partial charge in [-0.15, -0.1) is 0 Å². The van der Waals surface area contributed by atoms with Crippen LogP contribution >= 0.6 is 0 Å². The van der Waals surface area contributed by atoms with E-state index in [1.807, 2.05) is 36.4 Å². The minimum Gasteiger partial charge on any atom is -0.445 e. The number of piperidine rings is 1. The van der Waals surface area contributed by atoms with Gasteiger partial charge >= 0.3 is 6.09 Å². The molecule has 2 aromatic rings. The standard InChI is InChI=1S/C24H30N2O3/c27-22-21-12-7-13-24(22,18-26(15-21)14-19-8-3-1-4-9-19)17-25-23(28)29-16-20-10-5-2-6-11-20/h1-6,8-11,21-22,27H,7,12-18H2,(H,25,28). The SMILES string of the molecule is O=C(NCC12CCCC(CN(Cc3ccccc3)C1)C2O)OCc1ccccc1. The number of aliphatic hydroxyl groups excluding tert-OH is 1. The summed E-state index contributed by atoms with van der Waals surface area (Å²) in [5, 5.41) is 14.0. The molecule has 154 valence electrons.